The number of halogens is 2. The van der Waals surface area contributed by atoms with Crippen LogP contribution in [0.1, 0.15) is 38.2 Å². The van der Waals surface area contributed by atoms with Gasteiger partial charge in [0.2, 0.25) is 5.91 Å². The zero-order valence-electron chi connectivity index (χ0n) is 16.8. The molecule has 158 valence electrons. The molecule has 8 heteroatoms. The van der Waals surface area contributed by atoms with E-state index in [1.165, 1.54) is 0 Å². The van der Waals surface area contributed by atoms with Gasteiger partial charge in [0.1, 0.15) is 0 Å². The predicted octanol–water partition coefficient (Wildman–Crippen LogP) is 3.29. The van der Waals surface area contributed by atoms with Gasteiger partial charge in [0.25, 0.3) is 5.92 Å². The van der Waals surface area contributed by atoms with Gasteiger partial charge in [0, 0.05) is 73.1 Å². The number of fused-ring (bicyclic) bond motifs is 1. The first kappa shape index (κ1) is 19.1. The molecule has 3 aliphatic rings. The van der Waals surface area contributed by atoms with Crippen molar-refractivity contribution in [3.05, 3.63) is 42.2 Å². The maximum absolute atomic E-state index is 13.3. The fourth-order valence-electron chi connectivity index (χ4n) is 4.70. The van der Waals surface area contributed by atoms with Gasteiger partial charge in [-0.25, -0.2) is 8.78 Å². The summed E-state index contributed by atoms with van der Waals surface area (Å²) in [4.78, 5) is 13.7. The molecule has 3 N–H and O–H groups in total. The molecule has 0 unspecified atom stereocenters. The lowest BCUT2D eigenvalue weighted by molar-refractivity contribution is -0.120. The molecule has 2 saturated carbocycles. The first-order valence-corrected chi connectivity index (χ1v) is 10.4. The predicted molar refractivity (Wildman–Crippen MR) is 111 cm³/mol. The third kappa shape index (κ3) is 3.55. The number of carbonyl (C=O) groups excluding carboxylic acids is 1. The quantitative estimate of drug-likeness (QED) is 0.703. The van der Waals surface area contributed by atoms with Crippen LogP contribution < -0.4 is 15.5 Å². The van der Waals surface area contributed by atoms with Gasteiger partial charge in [-0.05, 0) is 36.6 Å². The van der Waals surface area contributed by atoms with Crippen LogP contribution in [0.15, 0.2) is 36.7 Å². The van der Waals surface area contributed by atoms with Crippen molar-refractivity contribution < 1.29 is 13.6 Å². The van der Waals surface area contributed by atoms with Gasteiger partial charge in [0.15, 0.2) is 0 Å². The maximum atomic E-state index is 13.3. The van der Waals surface area contributed by atoms with Gasteiger partial charge in [-0.1, -0.05) is 6.07 Å². The number of amides is 1. The van der Waals surface area contributed by atoms with E-state index in [0.717, 1.165) is 47.5 Å². The number of anilines is 1. The van der Waals surface area contributed by atoms with Crippen LogP contribution >= 0.6 is 0 Å². The van der Waals surface area contributed by atoms with Gasteiger partial charge < -0.3 is 15.5 Å². The van der Waals surface area contributed by atoms with Crippen LogP contribution in [0.5, 0.6) is 0 Å². The van der Waals surface area contributed by atoms with Crippen LogP contribution in [-0.4, -0.2) is 46.7 Å². The minimum atomic E-state index is -2.55. The van der Waals surface area contributed by atoms with E-state index in [4.69, 9.17) is 0 Å². The average Bonchev–Trinajstić information content (AvgIpc) is 3.18. The third-order valence-corrected chi connectivity index (χ3v) is 6.33. The number of hydrogen-bond donors (Lipinski definition) is 3. The third-order valence-electron chi connectivity index (χ3n) is 6.33. The molecule has 2 fully saturated rings. The summed E-state index contributed by atoms with van der Waals surface area (Å²) in [5.41, 5.74) is 5.06. The maximum Gasteiger partial charge on any atom is 0.252 e. The van der Waals surface area contributed by atoms with E-state index in [0.29, 0.717) is 6.04 Å². The molecular formula is C22H25F2N5O. The monoisotopic (exact) mass is 413 g/mol. The second kappa shape index (κ2) is 7.11. The van der Waals surface area contributed by atoms with Crippen molar-refractivity contribution in [1.29, 1.82) is 0 Å². The van der Waals surface area contributed by atoms with Gasteiger partial charge in [-0.15, -0.1) is 0 Å². The average molecular weight is 413 g/mol. The van der Waals surface area contributed by atoms with E-state index < -0.39 is 5.92 Å². The zero-order valence-corrected chi connectivity index (χ0v) is 16.8. The molecule has 1 aliphatic heterocycles. The fraction of sp³-hybridized carbons (Fsp3) is 0.455. The minimum absolute atomic E-state index is 0.00549. The van der Waals surface area contributed by atoms with Crippen LogP contribution in [0.2, 0.25) is 0 Å². The number of benzene rings is 1. The van der Waals surface area contributed by atoms with Gasteiger partial charge in [-0.3, -0.25) is 9.89 Å². The summed E-state index contributed by atoms with van der Waals surface area (Å²) in [5.74, 6) is -2.55. The number of hydrogen-bond acceptors (Lipinski definition) is 4. The number of carbonyl (C=O) groups is 1. The van der Waals surface area contributed by atoms with Crippen LogP contribution in [-0.2, 0) is 4.79 Å². The van der Waals surface area contributed by atoms with Gasteiger partial charge in [0.05, 0.1) is 6.20 Å². The molecule has 2 aliphatic carbocycles. The normalized spacial score (nSPS) is 24.9. The second-order valence-electron chi connectivity index (χ2n) is 8.62. The van der Waals surface area contributed by atoms with Crippen LogP contribution in [0.4, 0.5) is 14.5 Å². The molecule has 1 aromatic carbocycles. The number of nitrogens with zero attached hydrogens (tertiary/aromatic N) is 2. The van der Waals surface area contributed by atoms with E-state index in [-0.39, 0.29) is 30.8 Å². The minimum Gasteiger partial charge on any atom is -0.382 e. The van der Waals surface area contributed by atoms with Gasteiger partial charge in [-0.2, -0.15) is 5.10 Å². The largest absolute Gasteiger partial charge is 0.382 e. The summed E-state index contributed by atoms with van der Waals surface area (Å²) in [6.45, 7) is 2.27. The Hall–Kier alpha value is -2.90. The molecule has 0 bridgehead atoms. The van der Waals surface area contributed by atoms with Crippen molar-refractivity contribution in [3.8, 4) is 11.1 Å². The Bertz CT molecular complexity index is 973. The highest BCUT2D eigenvalue weighted by Crippen LogP contribution is 2.42. The molecule has 2 heterocycles. The highest BCUT2D eigenvalue weighted by Gasteiger charge is 2.46. The SMILES string of the molecule is CC(=O)NC1CC(N2CC=C(NC3CC(F)(F)C3)c3cc(-c4cn[nH]c4)ccc32)C1. The second-order valence-corrected chi connectivity index (χ2v) is 8.62. The smallest absolute Gasteiger partial charge is 0.252 e. The fourth-order valence-corrected chi connectivity index (χ4v) is 4.70. The first-order valence-electron chi connectivity index (χ1n) is 10.4. The van der Waals surface area contributed by atoms with Gasteiger partial charge >= 0.3 is 0 Å². The molecule has 30 heavy (non-hydrogen) atoms. The Morgan fingerprint density at radius 3 is 2.70 bits per heavy atom. The zero-order chi connectivity index (χ0) is 20.9. The lowest BCUT2D eigenvalue weighted by Gasteiger charge is -2.46. The molecular weight excluding hydrogens is 388 g/mol. The van der Waals surface area contributed by atoms with E-state index in [9.17, 15) is 13.6 Å². The van der Waals surface area contributed by atoms with Crippen molar-refractivity contribution >= 4 is 17.3 Å². The molecule has 1 aromatic heterocycles. The lowest BCUT2D eigenvalue weighted by Crippen LogP contribution is -2.55. The number of aromatic nitrogens is 2. The summed E-state index contributed by atoms with van der Waals surface area (Å²) >= 11 is 0. The molecule has 0 saturated heterocycles. The molecule has 0 radical (unpaired) electrons. The van der Waals surface area contributed by atoms with Crippen LogP contribution in [0.25, 0.3) is 16.8 Å². The van der Waals surface area contributed by atoms with Crippen molar-refractivity contribution in [3.63, 3.8) is 0 Å². The highest BCUT2D eigenvalue weighted by atomic mass is 19.3. The van der Waals surface area contributed by atoms with Crippen molar-refractivity contribution in [2.75, 3.05) is 11.4 Å². The highest BCUT2D eigenvalue weighted by molar-refractivity contribution is 5.83. The van der Waals surface area contributed by atoms with Crippen molar-refractivity contribution in [1.82, 2.24) is 20.8 Å². The van der Waals surface area contributed by atoms with Crippen LogP contribution in [0, 0.1) is 0 Å². The topological polar surface area (TPSA) is 73.1 Å². The molecule has 6 nitrogen and oxygen atoms in total. The number of H-pyrrole nitrogens is 1. The van der Waals surface area contributed by atoms with Crippen LogP contribution in [0.3, 0.4) is 0 Å². The Balaban J connectivity index is 1.40. The van der Waals surface area contributed by atoms with E-state index >= 15 is 0 Å². The molecule has 2 aromatic rings. The first-order chi connectivity index (χ1) is 14.4. The Morgan fingerprint density at radius 1 is 1.23 bits per heavy atom. The Labute approximate surface area is 173 Å². The van der Waals surface area contributed by atoms with E-state index in [1.54, 1.807) is 13.1 Å². The summed E-state index contributed by atoms with van der Waals surface area (Å²) in [6, 6.07) is 6.66. The summed E-state index contributed by atoms with van der Waals surface area (Å²) in [5, 5.41) is 13.2. The van der Waals surface area contributed by atoms with Crippen molar-refractivity contribution in [2.24, 2.45) is 0 Å². The summed E-state index contributed by atoms with van der Waals surface area (Å²) < 4.78 is 26.7. The standard InChI is InChI=1S/C22H25F2N5O/c1-13(30)27-16-7-18(8-16)29-5-4-20(28-17-9-22(23,24)10-17)19-6-14(2-3-21(19)29)15-11-25-26-12-15/h2-4,6,11-12,16-18,28H,5,7-10H2,1H3,(H,25,26)(H,27,30). The Kier molecular flexibility index (Phi) is 4.52. The van der Waals surface area contributed by atoms with E-state index in [1.807, 2.05) is 6.20 Å². The molecule has 5 rings (SSSR count). The number of nitrogens with one attached hydrogen (secondary N) is 3. The number of rotatable bonds is 5. The lowest BCUT2D eigenvalue weighted by atomic mass is 9.83. The summed E-state index contributed by atoms with van der Waals surface area (Å²) in [6.07, 6.45) is 7.30. The van der Waals surface area contributed by atoms with E-state index in [2.05, 4.69) is 50.0 Å². The molecule has 1 amide bonds. The summed E-state index contributed by atoms with van der Waals surface area (Å²) in [7, 11) is 0. The van der Waals surface area contributed by atoms with Crippen molar-refractivity contribution in [2.45, 2.75) is 56.7 Å². The number of aromatic amines is 1. The molecule has 0 spiro atoms. The molecule has 0 atom stereocenters. The Morgan fingerprint density at radius 2 is 2.03 bits per heavy atom. The number of alkyl halides is 2.